The van der Waals surface area contributed by atoms with Gasteiger partial charge in [0.1, 0.15) is 0 Å². The molecule has 106 valence electrons. The maximum absolute atomic E-state index is 11.4. The topological polar surface area (TPSA) is 56.8 Å². The van der Waals surface area contributed by atoms with Crippen molar-refractivity contribution in [3.05, 3.63) is 0 Å². The molecule has 18 heavy (non-hydrogen) atoms. The molecular formula is C13H25NO4. The second-order valence-corrected chi connectivity index (χ2v) is 4.58. The van der Waals surface area contributed by atoms with Crippen molar-refractivity contribution >= 4 is 5.97 Å². The zero-order chi connectivity index (χ0) is 13.1. The Hall–Kier alpha value is -0.650. The van der Waals surface area contributed by atoms with Gasteiger partial charge in [0.05, 0.1) is 19.8 Å². The minimum atomic E-state index is -0.0845. The molecule has 1 saturated heterocycles. The average molecular weight is 259 g/mol. The molecule has 0 bridgehead atoms. The van der Waals surface area contributed by atoms with Gasteiger partial charge in [-0.1, -0.05) is 0 Å². The fourth-order valence-electron chi connectivity index (χ4n) is 1.95. The fraction of sp³-hybridized carbons (Fsp3) is 0.923. The quantitative estimate of drug-likeness (QED) is 0.468. The Morgan fingerprint density at radius 2 is 2.17 bits per heavy atom. The molecule has 1 atom stereocenters. The van der Waals surface area contributed by atoms with Crippen LogP contribution < -0.4 is 5.32 Å². The maximum atomic E-state index is 11.4. The van der Waals surface area contributed by atoms with Crippen LogP contribution in [0.2, 0.25) is 0 Å². The van der Waals surface area contributed by atoms with E-state index in [-0.39, 0.29) is 5.97 Å². The Morgan fingerprint density at radius 1 is 1.28 bits per heavy atom. The average Bonchev–Trinajstić information content (AvgIpc) is 2.88. The SMILES string of the molecule is COCCOCCCOC(=O)CCC1CCNC1. The monoisotopic (exact) mass is 259 g/mol. The number of carbonyl (C=O) groups is 1. The predicted octanol–water partition coefficient (Wildman–Crippen LogP) is 0.972. The molecule has 0 spiro atoms. The summed E-state index contributed by atoms with van der Waals surface area (Å²) in [7, 11) is 1.64. The molecule has 1 unspecified atom stereocenters. The molecule has 1 fully saturated rings. The van der Waals surface area contributed by atoms with Crippen molar-refractivity contribution in [1.82, 2.24) is 5.32 Å². The van der Waals surface area contributed by atoms with E-state index >= 15 is 0 Å². The molecule has 1 heterocycles. The molecule has 0 aromatic carbocycles. The second-order valence-electron chi connectivity index (χ2n) is 4.58. The number of esters is 1. The van der Waals surface area contributed by atoms with Crippen LogP contribution in [0.3, 0.4) is 0 Å². The second kappa shape index (κ2) is 10.3. The molecule has 0 radical (unpaired) electrons. The number of rotatable bonds is 10. The van der Waals surface area contributed by atoms with Crippen molar-refractivity contribution in [2.75, 3.05) is 46.6 Å². The zero-order valence-electron chi connectivity index (χ0n) is 11.3. The Bertz CT molecular complexity index is 217. The van der Waals surface area contributed by atoms with Crippen LogP contribution in [0.15, 0.2) is 0 Å². The third kappa shape index (κ3) is 7.63. The molecule has 1 aliphatic heterocycles. The van der Waals surface area contributed by atoms with Crippen LogP contribution in [0.4, 0.5) is 0 Å². The Morgan fingerprint density at radius 3 is 2.89 bits per heavy atom. The lowest BCUT2D eigenvalue weighted by Gasteiger charge is -2.08. The number of hydrogen-bond donors (Lipinski definition) is 1. The van der Waals surface area contributed by atoms with Gasteiger partial charge in [-0.25, -0.2) is 0 Å². The highest BCUT2D eigenvalue weighted by Crippen LogP contribution is 2.14. The van der Waals surface area contributed by atoms with Crippen molar-refractivity contribution in [3.63, 3.8) is 0 Å². The van der Waals surface area contributed by atoms with Crippen LogP contribution in [-0.4, -0.2) is 52.6 Å². The van der Waals surface area contributed by atoms with E-state index in [1.165, 1.54) is 6.42 Å². The summed E-state index contributed by atoms with van der Waals surface area (Å²) in [5, 5.41) is 3.29. The summed E-state index contributed by atoms with van der Waals surface area (Å²) in [6, 6.07) is 0. The first-order chi connectivity index (χ1) is 8.83. The zero-order valence-corrected chi connectivity index (χ0v) is 11.3. The molecule has 0 aliphatic carbocycles. The number of carbonyl (C=O) groups excluding carboxylic acids is 1. The Kier molecular flexibility index (Phi) is 8.81. The predicted molar refractivity (Wildman–Crippen MR) is 68.5 cm³/mol. The Balaban J connectivity index is 1.84. The molecule has 1 N–H and O–H groups in total. The number of nitrogens with one attached hydrogen (secondary N) is 1. The van der Waals surface area contributed by atoms with Gasteiger partial charge in [-0.2, -0.15) is 0 Å². The molecule has 0 aromatic heterocycles. The number of methoxy groups -OCH3 is 1. The van der Waals surface area contributed by atoms with E-state index in [2.05, 4.69) is 5.32 Å². The van der Waals surface area contributed by atoms with Gasteiger partial charge in [0, 0.05) is 26.6 Å². The molecule has 0 aromatic rings. The van der Waals surface area contributed by atoms with Gasteiger partial charge in [0.2, 0.25) is 0 Å². The van der Waals surface area contributed by atoms with Crippen LogP contribution in [0.25, 0.3) is 0 Å². The van der Waals surface area contributed by atoms with Crippen LogP contribution in [0, 0.1) is 5.92 Å². The lowest BCUT2D eigenvalue weighted by molar-refractivity contribution is -0.144. The van der Waals surface area contributed by atoms with Crippen molar-refractivity contribution < 1.29 is 19.0 Å². The van der Waals surface area contributed by atoms with Crippen molar-refractivity contribution in [2.24, 2.45) is 5.92 Å². The minimum absolute atomic E-state index is 0.0845. The highest BCUT2D eigenvalue weighted by atomic mass is 16.5. The molecule has 1 aliphatic rings. The third-order valence-corrected chi connectivity index (χ3v) is 3.05. The summed E-state index contributed by atoms with van der Waals surface area (Å²) in [6.45, 7) is 4.39. The van der Waals surface area contributed by atoms with Crippen molar-refractivity contribution in [1.29, 1.82) is 0 Å². The third-order valence-electron chi connectivity index (χ3n) is 3.05. The lowest BCUT2D eigenvalue weighted by Crippen LogP contribution is -2.13. The summed E-state index contributed by atoms with van der Waals surface area (Å²) in [4.78, 5) is 11.4. The highest BCUT2D eigenvalue weighted by Gasteiger charge is 2.15. The van der Waals surface area contributed by atoms with E-state index in [1.807, 2.05) is 0 Å². The van der Waals surface area contributed by atoms with Gasteiger partial charge in [0.15, 0.2) is 0 Å². The normalized spacial score (nSPS) is 19.1. The standard InChI is InChI=1S/C13H25NO4/c1-16-9-10-17-7-2-8-18-13(15)4-3-12-5-6-14-11-12/h12,14H,2-11H2,1H3. The summed E-state index contributed by atoms with van der Waals surface area (Å²) >= 11 is 0. The molecule has 0 amide bonds. The first-order valence-electron chi connectivity index (χ1n) is 6.76. The van der Waals surface area contributed by atoms with E-state index in [1.54, 1.807) is 7.11 Å². The van der Waals surface area contributed by atoms with E-state index in [0.29, 0.717) is 38.8 Å². The van der Waals surface area contributed by atoms with Gasteiger partial charge in [-0.15, -0.1) is 0 Å². The van der Waals surface area contributed by atoms with Gasteiger partial charge in [-0.05, 0) is 31.8 Å². The summed E-state index contributed by atoms with van der Waals surface area (Å²) < 4.78 is 15.3. The number of ether oxygens (including phenoxy) is 3. The van der Waals surface area contributed by atoms with E-state index in [0.717, 1.165) is 25.9 Å². The largest absolute Gasteiger partial charge is 0.466 e. The van der Waals surface area contributed by atoms with Gasteiger partial charge >= 0.3 is 5.97 Å². The van der Waals surface area contributed by atoms with E-state index in [4.69, 9.17) is 14.2 Å². The van der Waals surface area contributed by atoms with E-state index < -0.39 is 0 Å². The highest BCUT2D eigenvalue weighted by molar-refractivity contribution is 5.69. The molecular weight excluding hydrogens is 234 g/mol. The minimum Gasteiger partial charge on any atom is -0.466 e. The van der Waals surface area contributed by atoms with Gasteiger partial charge < -0.3 is 19.5 Å². The molecule has 5 heteroatoms. The smallest absolute Gasteiger partial charge is 0.305 e. The van der Waals surface area contributed by atoms with Crippen LogP contribution >= 0.6 is 0 Å². The summed E-state index contributed by atoms with van der Waals surface area (Å²) in [5.74, 6) is 0.564. The maximum Gasteiger partial charge on any atom is 0.305 e. The fourth-order valence-corrected chi connectivity index (χ4v) is 1.95. The molecule has 1 rings (SSSR count). The van der Waals surface area contributed by atoms with Crippen LogP contribution in [0.5, 0.6) is 0 Å². The van der Waals surface area contributed by atoms with Crippen molar-refractivity contribution in [3.8, 4) is 0 Å². The summed E-state index contributed by atoms with van der Waals surface area (Å²) in [6.07, 6.45) is 3.41. The lowest BCUT2D eigenvalue weighted by atomic mass is 10.0. The first kappa shape index (κ1) is 15.4. The van der Waals surface area contributed by atoms with Crippen molar-refractivity contribution in [2.45, 2.75) is 25.7 Å². The van der Waals surface area contributed by atoms with Gasteiger partial charge in [0.25, 0.3) is 0 Å². The Labute approximate surface area is 109 Å². The van der Waals surface area contributed by atoms with Gasteiger partial charge in [-0.3, -0.25) is 4.79 Å². The molecule has 0 saturated carbocycles. The first-order valence-corrected chi connectivity index (χ1v) is 6.76. The van der Waals surface area contributed by atoms with E-state index in [9.17, 15) is 4.79 Å². The molecule has 5 nitrogen and oxygen atoms in total. The van der Waals surface area contributed by atoms with Crippen LogP contribution in [0.1, 0.15) is 25.7 Å². The van der Waals surface area contributed by atoms with Crippen LogP contribution in [-0.2, 0) is 19.0 Å². The summed E-state index contributed by atoms with van der Waals surface area (Å²) in [5.41, 5.74) is 0. The number of hydrogen-bond acceptors (Lipinski definition) is 5.